The summed E-state index contributed by atoms with van der Waals surface area (Å²) < 4.78 is 57.1. The van der Waals surface area contributed by atoms with Crippen molar-refractivity contribution in [3.8, 4) is 0 Å². The monoisotopic (exact) mass is 570 g/mol. The molecule has 0 saturated carbocycles. The summed E-state index contributed by atoms with van der Waals surface area (Å²) in [5.41, 5.74) is -1.19. The quantitative estimate of drug-likeness (QED) is 0.197. The highest BCUT2D eigenvalue weighted by Gasteiger charge is 2.62. The van der Waals surface area contributed by atoms with E-state index < -0.39 is 51.4 Å². The summed E-state index contributed by atoms with van der Waals surface area (Å²) in [5, 5.41) is 2.63. The predicted octanol–water partition coefficient (Wildman–Crippen LogP) is 5.78. The van der Waals surface area contributed by atoms with Crippen molar-refractivity contribution in [2.24, 2.45) is 11.1 Å². The molecule has 2 unspecified atom stereocenters. The van der Waals surface area contributed by atoms with Crippen molar-refractivity contribution >= 4 is 46.5 Å². The number of oxime groups is 1. The lowest BCUT2D eigenvalue weighted by molar-refractivity contribution is -0.275. The van der Waals surface area contributed by atoms with Crippen molar-refractivity contribution in [1.29, 1.82) is 0 Å². The Morgan fingerprint density at radius 2 is 1.82 bits per heavy atom. The highest BCUT2D eigenvalue weighted by atomic mass is 35.5. The molecule has 0 radical (unpaired) electrons. The Labute approximate surface area is 224 Å². The maximum atomic E-state index is 14.4. The number of likely N-dealkylation sites (tertiary alicyclic amines) is 1. The van der Waals surface area contributed by atoms with E-state index in [0.29, 0.717) is 41.5 Å². The molecule has 1 aliphatic carbocycles. The summed E-state index contributed by atoms with van der Waals surface area (Å²) in [7, 11) is 1.38. The van der Waals surface area contributed by atoms with Gasteiger partial charge in [-0.25, -0.2) is 4.39 Å². The smallest absolute Gasteiger partial charge is 0.374 e. The van der Waals surface area contributed by atoms with Crippen molar-refractivity contribution in [3.63, 3.8) is 0 Å². The van der Waals surface area contributed by atoms with Gasteiger partial charge in [-0.1, -0.05) is 40.5 Å². The lowest BCUT2D eigenvalue weighted by Gasteiger charge is -2.30. The molecule has 2 aromatic carbocycles. The summed E-state index contributed by atoms with van der Waals surface area (Å²) in [4.78, 5) is 43.3. The van der Waals surface area contributed by atoms with E-state index in [1.165, 1.54) is 19.2 Å². The maximum absolute atomic E-state index is 14.4. The predicted molar refractivity (Wildman–Crippen MR) is 130 cm³/mol. The SMILES string of the molecule is CN1C(=O)CC(CC(=O)c2ccc(C3=NOC(c4cc(Cl)c(F)c(Cl)c4)(C(F)(F)F)C3)c3c2CCC3)C1=O. The molecule has 1 saturated heterocycles. The second kappa shape index (κ2) is 9.34. The number of carbonyl (C=O) groups is 3. The molecule has 2 aromatic rings. The van der Waals surface area contributed by atoms with Gasteiger partial charge in [0, 0.05) is 43.0 Å². The minimum atomic E-state index is -4.94. The Morgan fingerprint density at radius 3 is 2.42 bits per heavy atom. The van der Waals surface area contributed by atoms with Gasteiger partial charge in [0.25, 0.3) is 5.60 Å². The van der Waals surface area contributed by atoms with Gasteiger partial charge in [-0.15, -0.1) is 0 Å². The van der Waals surface area contributed by atoms with Crippen LogP contribution in [0.15, 0.2) is 29.4 Å². The Morgan fingerprint density at radius 1 is 1.16 bits per heavy atom. The molecule has 2 atom stereocenters. The average molecular weight is 571 g/mol. The standard InChI is InChI=1S/C26H20Cl2F4N2O4/c1-34-22(36)8-12(24(34)37)7-21(35)17-6-5-16(14-3-2-4-15(14)17)20-11-25(38-33-20,26(30,31)32)13-9-18(27)23(29)19(28)10-13/h5-6,9-10,12H,2-4,7-8,11H2,1H3. The fraction of sp³-hybridized carbons (Fsp3) is 0.385. The fourth-order valence-corrected chi connectivity index (χ4v) is 5.89. The highest BCUT2D eigenvalue weighted by molar-refractivity contribution is 6.35. The van der Waals surface area contributed by atoms with Gasteiger partial charge in [0.1, 0.15) is 0 Å². The molecule has 200 valence electrons. The molecule has 5 rings (SSSR count). The third-order valence-corrected chi connectivity index (χ3v) is 7.99. The molecule has 2 heterocycles. The number of halogens is 6. The molecule has 0 aromatic heterocycles. The van der Waals surface area contributed by atoms with E-state index in [1.807, 2.05) is 0 Å². The normalized spacial score (nSPS) is 23.1. The molecule has 0 spiro atoms. The molecule has 2 aliphatic heterocycles. The first-order chi connectivity index (χ1) is 17.8. The fourth-order valence-electron chi connectivity index (χ4n) is 5.40. The van der Waals surface area contributed by atoms with Gasteiger partial charge in [0.15, 0.2) is 11.6 Å². The summed E-state index contributed by atoms with van der Waals surface area (Å²) in [6.45, 7) is 0. The van der Waals surface area contributed by atoms with Crippen LogP contribution in [0.3, 0.4) is 0 Å². The Bertz CT molecular complexity index is 1400. The molecule has 0 N–H and O–H groups in total. The van der Waals surface area contributed by atoms with E-state index in [0.717, 1.165) is 17.0 Å². The lowest BCUT2D eigenvalue weighted by Crippen LogP contribution is -2.42. The highest BCUT2D eigenvalue weighted by Crippen LogP contribution is 2.50. The number of nitrogens with zero attached hydrogens (tertiary/aromatic N) is 2. The van der Waals surface area contributed by atoms with E-state index in [2.05, 4.69) is 5.16 Å². The maximum Gasteiger partial charge on any atom is 0.435 e. The second-order valence-electron chi connectivity index (χ2n) is 9.68. The van der Waals surface area contributed by atoms with Gasteiger partial charge < -0.3 is 4.84 Å². The van der Waals surface area contributed by atoms with Crippen molar-refractivity contribution in [1.82, 2.24) is 4.90 Å². The van der Waals surface area contributed by atoms with E-state index in [4.69, 9.17) is 28.0 Å². The van der Waals surface area contributed by atoms with Gasteiger partial charge in [0.05, 0.1) is 21.7 Å². The number of imide groups is 1. The van der Waals surface area contributed by atoms with E-state index in [-0.39, 0.29) is 30.2 Å². The summed E-state index contributed by atoms with van der Waals surface area (Å²) in [6, 6.07) is 4.71. The zero-order valence-corrected chi connectivity index (χ0v) is 21.4. The number of ketones is 1. The topological polar surface area (TPSA) is 76.0 Å². The summed E-state index contributed by atoms with van der Waals surface area (Å²) in [6.07, 6.45) is -4.09. The molecule has 38 heavy (non-hydrogen) atoms. The van der Waals surface area contributed by atoms with Crippen molar-refractivity contribution in [3.05, 3.63) is 67.9 Å². The number of carbonyl (C=O) groups excluding carboxylic acids is 3. The number of alkyl halides is 3. The number of Topliss-reactive ketones (excluding diaryl/α,β-unsaturated/α-hetero) is 1. The van der Waals surface area contributed by atoms with Crippen molar-refractivity contribution in [2.75, 3.05) is 7.05 Å². The zero-order valence-electron chi connectivity index (χ0n) is 19.9. The van der Waals surface area contributed by atoms with E-state index in [9.17, 15) is 31.9 Å². The van der Waals surface area contributed by atoms with Crippen LogP contribution in [0.4, 0.5) is 17.6 Å². The first-order valence-electron chi connectivity index (χ1n) is 11.8. The first-order valence-corrected chi connectivity index (χ1v) is 12.5. The second-order valence-corrected chi connectivity index (χ2v) is 10.5. The average Bonchev–Trinajstić information content (AvgIpc) is 3.58. The molecule has 12 heteroatoms. The molecule has 1 fully saturated rings. The first kappa shape index (κ1) is 26.6. The van der Waals surface area contributed by atoms with E-state index >= 15 is 0 Å². The van der Waals surface area contributed by atoms with Crippen LogP contribution in [0.2, 0.25) is 10.0 Å². The third-order valence-electron chi connectivity index (χ3n) is 7.44. The number of amides is 2. The van der Waals surface area contributed by atoms with Gasteiger partial charge in [-0.2, -0.15) is 13.2 Å². The van der Waals surface area contributed by atoms with Crippen LogP contribution in [-0.4, -0.2) is 41.4 Å². The number of hydrogen-bond acceptors (Lipinski definition) is 5. The van der Waals surface area contributed by atoms with Crippen LogP contribution in [0, 0.1) is 11.7 Å². The van der Waals surface area contributed by atoms with Crippen LogP contribution in [0.1, 0.15) is 58.3 Å². The van der Waals surface area contributed by atoms with Crippen LogP contribution >= 0.6 is 23.2 Å². The van der Waals surface area contributed by atoms with Crippen molar-refractivity contribution < 1.29 is 36.8 Å². The van der Waals surface area contributed by atoms with Crippen molar-refractivity contribution in [2.45, 2.75) is 50.3 Å². The molecule has 3 aliphatic rings. The molecule has 0 bridgehead atoms. The van der Waals surface area contributed by atoms with Gasteiger partial charge in [-0.05, 0) is 42.5 Å². The Balaban J connectivity index is 1.46. The number of benzene rings is 2. The molecular formula is C26H20Cl2F4N2O4. The van der Waals surface area contributed by atoms with Crippen LogP contribution in [0.5, 0.6) is 0 Å². The third kappa shape index (κ3) is 4.18. The van der Waals surface area contributed by atoms with Crippen LogP contribution < -0.4 is 0 Å². The number of fused-ring (bicyclic) bond motifs is 1. The Hall–Kier alpha value is -2.98. The lowest BCUT2D eigenvalue weighted by atomic mass is 9.84. The van der Waals surface area contributed by atoms with Gasteiger partial charge >= 0.3 is 6.18 Å². The Kier molecular flexibility index (Phi) is 6.54. The van der Waals surface area contributed by atoms with Crippen LogP contribution in [-0.2, 0) is 32.9 Å². The molecular weight excluding hydrogens is 551 g/mol. The van der Waals surface area contributed by atoms with Gasteiger partial charge in [-0.3, -0.25) is 19.3 Å². The zero-order chi connectivity index (χ0) is 27.6. The number of hydrogen-bond donors (Lipinski definition) is 0. The molecule has 6 nitrogen and oxygen atoms in total. The summed E-state index contributed by atoms with van der Waals surface area (Å²) >= 11 is 11.6. The largest absolute Gasteiger partial charge is 0.435 e. The van der Waals surface area contributed by atoms with Crippen LogP contribution in [0.25, 0.3) is 0 Å². The van der Waals surface area contributed by atoms with E-state index in [1.54, 1.807) is 0 Å². The molecule has 2 amide bonds. The minimum Gasteiger partial charge on any atom is -0.374 e. The summed E-state index contributed by atoms with van der Waals surface area (Å²) in [5.74, 6) is -2.82. The minimum absolute atomic E-state index is 0.0224. The van der Waals surface area contributed by atoms with Gasteiger partial charge in [0.2, 0.25) is 11.8 Å². The number of rotatable bonds is 5.